The van der Waals surface area contributed by atoms with Crippen molar-refractivity contribution in [2.75, 3.05) is 59.5 Å². The molecule has 8 nitrogen and oxygen atoms in total. The largest absolute Gasteiger partial charge is 0.492 e. The zero-order valence-corrected chi connectivity index (χ0v) is 20.0. The molecule has 1 aliphatic carbocycles. The van der Waals surface area contributed by atoms with Crippen molar-refractivity contribution in [1.29, 1.82) is 0 Å². The Balaban J connectivity index is 1.27. The Morgan fingerprint density at radius 3 is 2.33 bits per heavy atom. The normalized spacial score (nSPS) is 26.5. The van der Waals surface area contributed by atoms with E-state index < -0.39 is 6.10 Å². The second-order valence-electron chi connectivity index (χ2n) is 9.58. The Morgan fingerprint density at radius 2 is 1.70 bits per heavy atom. The smallest absolute Gasteiger partial charge is 0.253 e. The lowest BCUT2D eigenvalue weighted by molar-refractivity contribution is -0.131. The number of aliphatic hydroxyl groups is 1. The number of nitrogens with zero attached hydrogens (tertiary/aromatic N) is 4. The van der Waals surface area contributed by atoms with Gasteiger partial charge in [0, 0.05) is 58.3 Å². The van der Waals surface area contributed by atoms with Crippen LogP contribution in [-0.4, -0.2) is 114 Å². The van der Waals surface area contributed by atoms with Crippen LogP contribution in [0.25, 0.3) is 0 Å². The molecule has 2 amide bonds. The summed E-state index contributed by atoms with van der Waals surface area (Å²) in [5.74, 6) is 0.802. The number of hydrogen-bond donors (Lipinski definition) is 1. The van der Waals surface area contributed by atoms with Crippen LogP contribution in [0.2, 0.25) is 0 Å². The Kier molecular flexibility index (Phi) is 7.88. The van der Waals surface area contributed by atoms with Crippen molar-refractivity contribution >= 4 is 11.8 Å². The molecule has 0 spiro atoms. The van der Waals surface area contributed by atoms with Crippen molar-refractivity contribution in [2.45, 2.75) is 50.8 Å². The summed E-state index contributed by atoms with van der Waals surface area (Å²) in [5.41, 5.74) is 0.607. The fourth-order valence-corrected chi connectivity index (χ4v) is 5.48. The van der Waals surface area contributed by atoms with Crippen LogP contribution >= 0.6 is 0 Å². The fraction of sp³-hybridized carbons (Fsp3) is 0.680. The molecule has 2 saturated heterocycles. The summed E-state index contributed by atoms with van der Waals surface area (Å²) >= 11 is 0. The number of piperazine rings is 1. The maximum Gasteiger partial charge on any atom is 0.253 e. The van der Waals surface area contributed by atoms with Crippen LogP contribution in [0.3, 0.4) is 0 Å². The number of carbonyl (C=O) groups excluding carboxylic acids is 2. The zero-order valence-electron chi connectivity index (χ0n) is 20.0. The van der Waals surface area contributed by atoms with Crippen LogP contribution in [0.1, 0.15) is 43.0 Å². The van der Waals surface area contributed by atoms with Gasteiger partial charge in [0.1, 0.15) is 12.4 Å². The van der Waals surface area contributed by atoms with Gasteiger partial charge in [-0.1, -0.05) is 0 Å². The van der Waals surface area contributed by atoms with Gasteiger partial charge in [0.05, 0.1) is 12.1 Å². The molecule has 0 radical (unpaired) electrons. The predicted octanol–water partition coefficient (Wildman–Crippen LogP) is 1.29. The average Bonchev–Trinajstić information content (AvgIpc) is 3.48. The Hall–Kier alpha value is -2.16. The van der Waals surface area contributed by atoms with E-state index in [9.17, 15) is 14.7 Å². The fourth-order valence-electron chi connectivity index (χ4n) is 5.48. The third-order valence-electron chi connectivity index (χ3n) is 7.57. The summed E-state index contributed by atoms with van der Waals surface area (Å²) in [4.78, 5) is 32.9. The van der Waals surface area contributed by atoms with Crippen LogP contribution in [0.5, 0.6) is 5.75 Å². The Labute approximate surface area is 197 Å². The number of carbonyl (C=O) groups is 2. The summed E-state index contributed by atoms with van der Waals surface area (Å²) in [6.45, 7) is 8.45. The van der Waals surface area contributed by atoms with E-state index in [-0.39, 0.29) is 23.9 Å². The van der Waals surface area contributed by atoms with Crippen molar-refractivity contribution in [3.63, 3.8) is 0 Å². The highest BCUT2D eigenvalue weighted by Crippen LogP contribution is 2.30. The standard InChI is InChI=1S/C25H38N4O4/c1-19(30)28-13-15-29(16-14-28)23-10-9-22(24(23)31)26(2)25(32)20-5-7-21(8-6-20)33-18-17-27-11-3-4-12-27/h5-8,22-24,31H,3-4,9-18H2,1-2H3/t22-,23-,24-/m1/s1. The average molecular weight is 459 g/mol. The molecule has 182 valence electrons. The summed E-state index contributed by atoms with van der Waals surface area (Å²) in [6.07, 6.45) is 3.59. The van der Waals surface area contributed by atoms with E-state index in [4.69, 9.17) is 4.74 Å². The summed E-state index contributed by atoms with van der Waals surface area (Å²) in [7, 11) is 1.78. The Morgan fingerprint density at radius 1 is 1.03 bits per heavy atom. The van der Waals surface area contributed by atoms with Gasteiger partial charge in [0.15, 0.2) is 0 Å². The lowest BCUT2D eigenvalue weighted by Crippen LogP contribution is -2.55. The van der Waals surface area contributed by atoms with Crippen molar-refractivity contribution in [3.05, 3.63) is 29.8 Å². The number of likely N-dealkylation sites (N-methyl/N-ethyl adjacent to an activating group) is 1. The van der Waals surface area contributed by atoms with Crippen LogP contribution in [0, 0.1) is 0 Å². The van der Waals surface area contributed by atoms with E-state index in [1.165, 1.54) is 12.8 Å². The molecule has 2 heterocycles. The number of likely N-dealkylation sites (tertiary alicyclic amines) is 1. The first kappa shape index (κ1) is 24.0. The van der Waals surface area contributed by atoms with Crippen LogP contribution in [0.4, 0.5) is 0 Å². The highest BCUT2D eigenvalue weighted by molar-refractivity contribution is 5.94. The minimum Gasteiger partial charge on any atom is -0.492 e. The number of aliphatic hydroxyl groups excluding tert-OH is 1. The lowest BCUT2D eigenvalue weighted by Gasteiger charge is -2.39. The van der Waals surface area contributed by atoms with Crippen LogP contribution in [0.15, 0.2) is 24.3 Å². The molecule has 0 unspecified atom stereocenters. The van der Waals surface area contributed by atoms with Crippen LogP contribution < -0.4 is 4.74 Å². The molecular weight excluding hydrogens is 420 g/mol. The first-order valence-corrected chi connectivity index (χ1v) is 12.3. The summed E-state index contributed by atoms with van der Waals surface area (Å²) in [5, 5.41) is 11.0. The molecule has 2 aliphatic heterocycles. The SMILES string of the molecule is CC(=O)N1CCN([C@@H]2CC[C@@H](N(C)C(=O)c3ccc(OCCN4CCCC4)cc3)[C@H]2O)CC1. The molecule has 33 heavy (non-hydrogen) atoms. The summed E-state index contributed by atoms with van der Waals surface area (Å²) in [6, 6.07) is 7.16. The van der Waals surface area contributed by atoms with Crippen molar-refractivity contribution in [2.24, 2.45) is 0 Å². The molecule has 0 aromatic heterocycles. The van der Waals surface area contributed by atoms with Crippen molar-refractivity contribution in [3.8, 4) is 5.75 Å². The van der Waals surface area contributed by atoms with Gasteiger partial charge >= 0.3 is 0 Å². The highest BCUT2D eigenvalue weighted by Gasteiger charge is 2.42. The third kappa shape index (κ3) is 5.67. The van der Waals surface area contributed by atoms with Gasteiger partial charge in [0.25, 0.3) is 5.91 Å². The molecule has 1 saturated carbocycles. The topological polar surface area (TPSA) is 76.6 Å². The van der Waals surface area contributed by atoms with Crippen LogP contribution in [-0.2, 0) is 4.79 Å². The van der Waals surface area contributed by atoms with E-state index >= 15 is 0 Å². The summed E-state index contributed by atoms with van der Waals surface area (Å²) < 4.78 is 5.85. The first-order chi connectivity index (χ1) is 15.9. The molecular formula is C25H38N4O4. The molecule has 8 heteroatoms. The van der Waals surface area contributed by atoms with E-state index in [0.29, 0.717) is 25.3 Å². The number of hydrogen-bond acceptors (Lipinski definition) is 6. The lowest BCUT2D eigenvalue weighted by atomic mass is 10.1. The first-order valence-electron chi connectivity index (χ1n) is 12.3. The minimum atomic E-state index is -0.587. The molecule has 1 N–H and O–H groups in total. The van der Waals surface area contributed by atoms with Crippen molar-refractivity contribution in [1.82, 2.24) is 19.6 Å². The van der Waals surface area contributed by atoms with Crippen molar-refractivity contribution < 1.29 is 19.4 Å². The molecule has 1 aromatic rings. The second kappa shape index (κ2) is 10.8. The Bertz CT molecular complexity index is 803. The molecule has 1 aromatic carbocycles. The maximum atomic E-state index is 13.1. The number of amides is 2. The highest BCUT2D eigenvalue weighted by atomic mass is 16.5. The quantitative estimate of drug-likeness (QED) is 0.664. The zero-order chi connectivity index (χ0) is 23.4. The predicted molar refractivity (Wildman–Crippen MR) is 126 cm³/mol. The molecule has 4 rings (SSSR count). The minimum absolute atomic E-state index is 0.0331. The third-order valence-corrected chi connectivity index (χ3v) is 7.57. The van der Waals surface area contributed by atoms with Gasteiger partial charge in [-0.2, -0.15) is 0 Å². The second-order valence-corrected chi connectivity index (χ2v) is 9.58. The number of benzene rings is 1. The van der Waals surface area contributed by atoms with Gasteiger partial charge in [-0.15, -0.1) is 0 Å². The molecule has 3 aliphatic rings. The monoisotopic (exact) mass is 458 g/mol. The van der Waals surface area contributed by atoms with Gasteiger partial charge in [-0.3, -0.25) is 19.4 Å². The molecule has 3 fully saturated rings. The van der Waals surface area contributed by atoms with E-state index in [1.807, 2.05) is 29.2 Å². The molecule has 0 bridgehead atoms. The van der Waals surface area contributed by atoms with Gasteiger partial charge in [-0.25, -0.2) is 0 Å². The van der Waals surface area contributed by atoms with E-state index in [1.54, 1.807) is 18.9 Å². The maximum absolute atomic E-state index is 13.1. The number of rotatable bonds is 7. The number of ether oxygens (including phenoxy) is 1. The van der Waals surface area contributed by atoms with E-state index in [0.717, 1.165) is 51.3 Å². The van der Waals surface area contributed by atoms with Gasteiger partial charge < -0.3 is 19.6 Å². The molecule has 3 atom stereocenters. The van der Waals surface area contributed by atoms with E-state index in [2.05, 4.69) is 9.80 Å². The van der Waals surface area contributed by atoms with Gasteiger partial charge in [0.2, 0.25) is 5.91 Å². The van der Waals surface area contributed by atoms with Gasteiger partial charge in [-0.05, 0) is 63.0 Å².